The van der Waals surface area contributed by atoms with Gasteiger partial charge in [0, 0.05) is 22.6 Å². The van der Waals surface area contributed by atoms with E-state index in [0.717, 1.165) is 11.4 Å². The molecule has 6 nitrogen and oxygen atoms in total. The molecule has 25 heavy (non-hydrogen) atoms. The fraction of sp³-hybridized carbons (Fsp3) is 0.167. The van der Waals surface area contributed by atoms with Gasteiger partial charge in [0.05, 0.1) is 5.56 Å². The Morgan fingerprint density at radius 2 is 1.88 bits per heavy atom. The van der Waals surface area contributed by atoms with Gasteiger partial charge in [-0.05, 0) is 43.7 Å². The number of benzene rings is 1. The molecule has 1 unspecified atom stereocenters. The number of rotatable bonds is 4. The Morgan fingerprint density at radius 1 is 1.20 bits per heavy atom. The zero-order chi connectivity index (χ0) is 18.1. The summed E-state index contributed by atoms with van der Waals surface area (Å²) in [7, 11) is 0. The van der Waals surface area contributed by atoms with Crippen LogP contribution in [0.25, 0.3) is 5.65 Å². The molecule has 3 rings (SSSR count). The summed E-state index contributed by atoms with van der Waals surface area (Å²) in [6.07, 6.45) is 1.74. The fourth-order valence-electron chi connectivity index (χ4n) is 2.72. The number of carboxylic acids is 1. The number of fused-ring (bicyclic) bond motifs is 1. The van der Waals surface area contributed by atoms with Crippen molar-refractivity contribution in [2.75, 3.05) is 0 Å². The molecule has 1 atom stereocenters. The Hall–Kier alpha value is -2.86. The first-order valence-electron chi connectivity index (χ1n) is 7.61. The number of aromatic nitrogens is 2. The number of hydrogen-bond donors (Lipinski definition) is 2. The van der Waals surface area contributed by atoms with Crippen molar-refractivity contribution in [1.29, 1.82) is 0 Å². The highest BCUT2D eigenvalue weighted by molar-refractivity contribution is 6.30. The third kappa shape index (κ3) is 3.34. The molecule has 0 aliphatic carbocycles. The van der Waals surface area contributed by atoms with Gasteiger partial charge in [0.2, 0.25) is 0 Å². The molecule has 0 saturated carbocycles. The van der Waals surface area contributed by atoms with Crippen LogP contribution in [0.2, 0.25) is 5.02 Å². The van der Waals surface area contributed by atoms with Gasteiger partial charge in [0.1, 0.15) is 5.65 Å². The zero-order valence-electron chi connectivity index (χ0n) is 13.7. The number of carboxylic acid groups (broad SMARTS) is 1. The minimum Gasteiger partial charge on any atom is -0.479 e. The SMILES string of the molecule is Cc1cc(C)n2ccc(C(=O)NC(C(=O)O)c3ccc(Cl)cc3)c2n1. The molecule has 0 bridgehead atoms. The lowest BCUT2D eigenvalue weighted by Crippen LogP contribution is -2.33. The average molecular weight is 358 g/mol. The molecular formula is C18H16ClN3O3. The van der Waals surface area contributed by atoms with Crippen LogP contribution in [-0.4, -0.2) is 26.4 Å². The van der Waals surface area contributed by atoms with Crippen LogP contribution in [0.15, 0.2) is 42.6 Å². The number of carbonyl (C=O) groups excluding carboxylic acids is 1. The summed E-state index contributed by atoms with van der Waals surface area (Å²) in [6, 6.07) is 8.68. The van der Waals surface area contributed by atoms with Crippen molar-refractivity contribution >= 4 is 29.1 Å². The van der Waals surface area contributed by atoms with E-state index in [0.29, 0.717) is 21.8 Å². The molecule has 0 radical (unpaired) electrons. The first-order valence-corrected chi connectivity index (χ1v) is 7.99. The first-order chi connectivity index (χ1) is 11.9. The van der Waals surface area contributed by atoms with Crippen molar-refractivity contribution in [3.8, 4) is 0 Å². The quantitative estimate of drug-likeness (QED) is 0.751. The second-order valence-corrected chi connectivity index (χ2v) is 6.19. The van der Waals surface area contributed by atoms with Crippen molar-refractivity contribution in [2.45, 2.75) is 19.9 Å². The highest BCUT2D eigenvalue weighted by Crippen LogP contribution is 2.19. The fourth-order valence-corrected chi connectivity index (χ4v) is 2.85. The summed E-state index contributed by atoms with van der Waals surface area (Å²) < 4.78 is 1.79. The van der Waals surface area contributed by atoms with Crippen LogP contribution in [0, 0.1) is 13.8 Å². The highest BCUT2D eigenvalue weighted by Gasteiger charge is 2.24. The molecule has 0 aliphatic heterocycles. The average Bonchev–Trinajstić information content (AvgIpc) is 2.97. The van der Waals surface area contributed by atoms with Gasteiger partial charge in [-0.2, -0.15) is 0 Å². The molecule has 0 fully saturated rings. The van der Waals surface area contributed by atoms with Gasteiger partial charge in [-0.15, -0.1) is 0 Å². The lowest BCUT2D eigenvalue weighted by Gasteiger charge is -2.15. The van der Waals surface area contributed by atoms with E-state index in [4.69, 9.17) is 11.6 Å². The lowest BCUT2D eigenvalue weighted by atomic mass is 10.1. The summed E-state index contributed by atoms with van der Waals surface area (Å²) in [4.78, 5) is 28.6. The van der Waals surface area contributed by atoms with Crippen LogP contribution >= 0.6 is 11.6 Å². The summed E-state index contributed by atoms with van der Waals surface area (Å²) >= 11 is 5.83. The monoisotopic (exact) mass is 357 g/mol. The van der Waals surface area contributed by atoms with E-state index in [1.807, 2.05) is 19.9 Å². The Labute approximate surface area is 149 Å². The summed E-state index contributed by atoms with van der Waals surface area (Å²) in [5.74, 6) is -1.65. The number of amides is 1. The third-order valence-corrected chi connectivity index (χ3v) is 4.16. The van der Waals surface area contributed by atoms with Gasteiger partial charge >= 0.3 is 5.97 Å². The third-order valence-electron chi connectivity index (χ3n) is 3.91. The molecule has 0 aliphatic rings. The van der Waals surface area contributed by atoms with Gasteiger partial charge in [0.15, 0.2) is 6.04 Å². The molecule has 0 saturated heterocycles. The second-order valence-electron chi connectivity index (χ2n) is 5.76. The van der Waals surface area contributed by atoms with E-state index in [-0.39, 0.29) is 0 Å². The van der Waals surface area contributed by atoms with Crippen LogP contribution in [0.1, 0.15) is 33.4 Å². The van der Waals surface area contributed by atoms with Gasteiger partial charge in [-0.3, -0.25) is 4.79 Å². The zero-order valence-corrected chi connectivity index (χ0v) is 14.4. The van der Waals surface area contributed by atoms with Gasteiger partial charge in [0.25, 0.3) is 5.91 Å². The Bertz CT molecular complexity index is 964. The van der Waals surface area contributed by atoms with E-state index in [1.165, 1.54) is 0 Å². The smallest absolute Gasteiger partial charge is 0.330 e. The van der Waals surface area contributed by atoms with Crippen LogP contribution in [0.4, 0.5) is 0 Å². The Balaban J connectivity index is 1.95. The number of hydrogen-bond acceptors (Lipinski definition) is 3. The van der Waals surface area contributed by atoms with Crippen molar-refractivity contribution in [2.24, 2.45) is 0 Å². The van der Waals surface area contributed by atoms with Crippen LogP contribution in [-0.2, 0) is 4.79 Å². The van der Waals surface area contributed by atoms with E-state index < -0.39 is 17.9 Å². The highest BCUT2D eigenvalue weighted by atomic mass is 35.5. The van der Waals surface area contributed by atoms with E-state index in [2.05, 4.69) is 10.3 Å². The first kappa shape index (κ1) is 17.0. The minimum atomic E-state index is -1.18. The van der Waals surface area contributed by atoms with E-state index in [9.17, 15) is 14.7 Å². The molecule has 3 aromatic rings. The van der Waals surface area contributed by atoms with Crippen LogP contribution < -0.4 is 5.32 Å². The predicted molar refractivity (Wildman–Crippen MR) is 94.0 cm³/mol. The summed E-state index contributed by atoms with van der Waals surface area (Å²) in [6.45, 7) is 3.76. The molecule has 2 heterocycles. The molecular weight excluding hydrogens is 342 g/mol. The number of carbonyl (C=O) groups is 2. The van der Waals surface area contributed by atoms with Crippen LogP contribution in [0.5, 0.6) is 0 Å². The van der Waals surface area contributed by atoms with Crippen molar-refractivity contribution in [1.82, 2.24) is 14.7 Å². The van der Waals surface area contributed by atoms with Crippen LogP contribution in [0.3, 0.4) is 0 Å². The topological polar surface area (TPSA) is 83.7 Å². The second kappa shape index (κ2) is 6.57. The lowest BCUT2D eigenvalue weighted by molar-refractivity contribution is -0.139. The molecule has 1 amide bonds. The molecule has 128 valence electrons. The largest absolute Gasteiger partial charge is 0.479 e. The maximum Gasteiger partial charge on any atom is 0.330 e. The van der Waals surface area contributed by atoms with Gasteiger partial charge < -0.3 is 14.8 Å². The number of nitrogens with zero attached hydrogens (tertiary/aromatic N) is 2. The predicted octanol–water partition coefficient (Wildman–Crippen LogP) is 3.16. The molecule has 0 spiro atoms. The minimum absolute atomic E-state index is 0.326. The van der Waals surface area contributed by atoms with Gasteiger partial charge in [-0.1, -0.05) is 23.7 Å². The van der Waals surface area contributed by atoms with Gasteiger partial charge in [-0.25, -0.2) is 9.78 Å². The number of aliphatic carboxylic acids is 1. The Morgan fingerprint density at radius 3 is 2.52 bits per heavy atom. The maximum absolute atomic E-state index is 12.6. The number of halogens is 1. The summed E-state index contributed by atoms with van der Waals surface area (Å²) in [5.41, 5.74) is 2.98. The van der Waals surface area contributed by atoms with E-state index in [1.54, 1.807) is 40.9 Å². The number of aryl methyl sites for hydroxylation is 2. The maximum atomic E-state index is 12.6. The number of nitrogens with one attached hydrogen (secondary N) is 1. The molecule has 7 heteroatoms. The molecule has 1 aromatic carbocycles. The van der Waals surface area contributed by atoms with Crippen molar-refractivity contribution in [3.63, 3.8) is 0 Å². The van der Waals surface area contributed by atoms with E-state index >= 15 is 0 Å². The summed E-state index contributed by atoms with van der Waals surface area (Å²) in [5, 5.41) is 12.5. The Kier molecular flexibility index (Phi) is 4.46. The van der Waals surface area contributed by atoms with Crippen molar-refractivity contribution < 1.29 is 14.7 Å². The standard InChI is InChI=1S/C18H16ClN3O3/c1-10-9-11(2)22-8-7-14(16(22)20-10)17(23)21-15(18(24)25)12-3-5-13(19)6-4-12/h3-9,15H,1-2H3,(H,21,23)(H,24,25). The molecule has 2 N–H and O–H groups in total. The normalized spacial score (nSPS) is 12.1. The molecule has 2 aromatic heterocycles. The van der Waals surface area contributed by atoms with Crippen molar-refractivity contribution in [3.05, 3.63) is 70.1 Å².